The third-order valence-electron chi connectivity index (χ3n) is 6.44. The van der Waals surface area contributed by atoms with E-state index in [0.717, 1.165) is 11.4 Å². The van der Waals surface area contributed by atoms with Gasteiger partial charge in [-0.05, 0) is 50.2 Å². The minimum absolute atomic E-state index is 0.00919. The molecule has 1 aromatic heterocycles. The van der Waals surface area contributed by atoms with E-state index in [0.29, 0.717) is 43.2 Å². The predicted octanol–water partition coefficient (Wildman–Crippen LogP) is 4.47. The first-order valence-electron chi connectivity index (χ1n) is 12.4. The lowest BCUT2D eigenvalue weighted by molar-refractivity contribution is -0.121. The van der Waals surface area contributed by atoms with Crippen molar-refractivity contribution >= 4 is 23.3 Å². The van der Waals surface area contributed by atoms with Crippen molar-refractivity contribution in [3.63, 3.8) is 0 Å². The van der Waals surface area contributed by atoms with Gasteiger partial charge in [0, 0.05) is 17.4 Å². The van der Waals surface area contributed by atoms with Gasteiger partial charge in [0.25, 0.3) is 0 Å². The van der Waals surface area contributed by atoms with Gasteiger partial charge in [-0.1, -0.05) is 51.1 Å². The van der Waals surface area contributed by atoms with Gasteiger partial charge in [0.05, 0.1) is 30.7 Å². The molecule has 190 valence electrons. The van der Waals surface area contributed by atoms with Crippen molar-refractivity contribution in [2.24, 2.45) is 5.92 Å². The molecule has 0 bridgehead atoms. The van der Waals surface area contributed by atoms with Crippen LogP contribution in [0.15, 0.2) is 60.7 Å². The molecule has 0 atom stereocenters. The first kappa shape index (κ1) is 25.4. The summed E-state index contributed by atoms with van der Waals surface area (Å²) in [7, 11) is 1.59. The minimum atomic E-state index is -0.147. The van der Waals surface area contributed by atoms with Crippen molar-refractivity contribution in [1.29, 1.82) is 0 Å². The van der Waals surface area contributed by atoms with Crippen LogP contribution in [0.3, 0.4) is 0 Å². The zero-order valence-corrected chi connectivity index (χ0v) is 21.5. The minimum Gasteiger partial charge on any atom is -0.495 e. The molecule has 36 heavy (non-hydrogen) atoms. The first-order chi connectivity index (χ1) is 17.2. The summed E-state index contributed by atoms with van der Waals surface area (Å²) in [5.41, 5.74) is 2.33. The maximum absolute atomic E-state index is 13.0. The largest absolute Gasteiger partial charge is 0.495 e. The van der Waals surface area contributed by atoms with Crippen LogP contribution in [0.2, 0.25) is 0 Å². The number of amides is 2. The second-order valence-corrected chi connectivity index (χ2v) is 10.2. The summed E-state index contributed by atoms with van der Waals surface area (Å²) in [5.74, 6) is 1.10. The van der Waals surface area contributed by atoms with Crippen molar-refractivity contribution in [2.45, 2.75) is 39.0 Å². The SMILES string of the molecule is COc1ccccc1NC(=O)C1CCN(CC(=O)Nc2cc(C(C)(C)C)nn2-c2ccccc2)CC1. The zero-order chi connectivity index (χ0) is 25.7. The number of hydrogen-bond acceptors (Lipinski definition) is 5. The Morgan fingerprint density at radius 3 is 2.33 bits per heavy atom. The van der Waals surface area contributed by atoms with E-state index in [4.69, 9.17) is 9.84 Å². The normalized spacial score (nSPS) is 14.9. The lowest BCUT2D eigenvalue weighted by atomic mass is 9.92. The molecular formula is C28H35N5O3. The molecule has 0 spiro atoms. The summed E-state index contributed by atoms with van der Waals surface area (Å²) < 4.78 is 7.11. The Hall–Kier alpha value is -3.65. The molecule has 2 heterocycles. The molecule has 0 unspecified atom stereocenters. The van der Waals surface area contributed by atoms with Gasteiger partial charge in [-0.25, -0.2) is 4.68 Å². The lowest BCUT2D eigenvalue weighted by Gasteiger charge is -2.30. The number of aromatic nitrogens is 2. The van der Waals surface area contributed by atoms with Crippen molar-refractivity contribution in [1.82, 2.24) is 14.7 Å². The number of anilines is 2. The van der Waals surface area contributed by atoms with Gasteiger partial charge in [0.2, 0.25) is 11.8 Å². The van der Waals surface area contributed by atoms with Crippen LogP contribution < -0.4 is 15.4 Å². The number of para-hydroxylation sites is 3. The number of carbonyl (C=O) groups excluding carboxylic acids is 2. The Labute approximate surface area is 212 Å². The summed E-state index contributed by atoms with van der Waals surface area (Å²) in [6.07, 6.45) is 1.40. The highest BCUT2D eigenvalue weighted by molar-refractivity contribution is 5.94. The number of ether oxygens (including phenoxy) is 1. The van der Waals surface area contributed by atoms with Crippen molar-refractivity contribution in [3.8, 4) is 11.4 Å². The van der Waals surface area contributed by atoms with E-state index < -0.39 is 0 Å². The van der Waals surface area contributed by atoms with Crippen molar-refractivity contribution in [3.05, 3.63) is 66.4 Å². The standard InChI is InChI=1S/C28H35N5O3/c1-28(2,3)24-18-25(33(31-24)21-10-6-5-7-11-21)30-26(34)19-32-16-14-20(15-17-32)27(35)29-22-12-8-9-13-23(22)36-4/h5-13,18,20H,14-17,19H2,1-4H3,(H,29,35)(H,30,34). The van der Waals surface area contributed by atoms with Gasteiger partial charge >= 0.3 is 0 Å². The Kier molecular flexibility index (Phi) is 7.74. The molecule has 2 N–H and O–H groups in total. The first-order valence-corrected chi connectivity index (χ1v) is 12.4. The monoisotopic (exact) mass is 489 g/mol. The van der Waals surface area contributed by atoms with Crippen LogP contribution in [0, 0.1) is 5.92 Å². The molecule has 1 aliphatic rings. The van der Waals surface area contributed by atoms with Gasteiger partial charge in [-0.2, -0.15) is 5.10 Å². The highest BCUT2D eigenvalue weighted by Gasteiger charge is 2.27. The number of rotatable bonds is 7. The Balaban J connectivity index is 1.34. The van der Waals surface area contributed by atoms with Gasteiger partial charge in [-0.3, -0.25) is 14.5 Å². The quantitative estimate of drug-likeness (QED) is 0.511. The van der Waals surface area contributed by atoms with E-state index in [1.54, 1.807) is 11.8 Å². The molecule has 1 aliphatic heterocycles. The lowest BCUT2D eigenvalue weighted by Crippen LogP contribution is -2.42. The second-order valence-electron chi connectivity index (χ2n) is 10.2. The number of methoxy groups -OCH3 is 1. The van der Waals surface area contributed by atoms with Gasteiger partial charge < -0.3 is 15.4 Å². The fraction of sp³-hybridized carbons (Fsp3) is 0.393. The molecule has 1 fully saturated rings. The summed E-state index contributed by atoms with van der Waals surface area (Å²) in [5, 5.41) is 10.8. The maximum Gasteiger partial charge on any atom is 0.239 e. The van der Waals surface area contributed by atoms with Crippen LogP contribution in [-0.4, -0.2) is 53.2 Å². The molecule has 1 saturated heterocycles. The van der Waals surface area contributed by atoms with Crippen LogP contribution in [0.4, 0.5) is 11.5 Å². The van der Waals surface area contributed by atoms with Crippen molar-refractivity contribution < 1.29 is 14.3 Å². The molecule has 8 nitrogen and oxygen atoms in total. The zero-order valence-electron chi connectivity index (χ0n) is 21.5. The molecule has 0 aliphatic carbocycles. The fourth-order valence-electron chi connectivity index (χ4n) is 4.32. The highest BCUT2D eigenvalue weighted by Crippen LogP contribution is 2.27. The average Bonchev–Trinajstić information content (AvgIpc) is 3.29. The summed E-state index contributed by atoms with van der Waals surface area (Å²) in [6.45, 7) is 7.94. The van der Waals surface area contributed by atoms with Crippen molar-refractivity contribution in [2.75, 3.05) is 37.4 Å². The summed E-state index contributed by atoms with van der Waals surface area (Å²) in [4.78, 5) is 27.8. The van der Waals surface area contributed by atoms with Gasteiger partial charge in [0.1, 0.15) is 11.6 Å². The second kappa shape index (κ2) is 11.0. The number of carbonyl (C=O) groups is 2. The average molecular weight is 490 g/mol. The number of likely N-dealkylation sites (tertiary alicyclic amines) is 1. The molecule has 2 amide bonds. The summed E-state index contributed by atoms with van der Waals surface area (Å²) in [6, 6.07) is 19.1. The van der Waals surface area contributed by atoms with E-state index in [1.807, 2.05) is 60.7 Å². The van der Waals surface area contributed by atoms with Crippen LogP contribution in [0.5, 0.6) is 5.75 Å². The Morgan fingerprint density at radius 1 is 1.00 bits per heavy atom. The Morgan fingerprint density at radius 2 is 1.67 bits per heavy atom. The third kappa shape index (κ3) is 6.12. The van der Waals surface area contributed by atoms with E-state index in [9.17, 15) is 9.59 Å². The third-order valence-corrected chi connectivity index (χ3v) is 6.44. The van der Waals surface area contributed by atoms with Gasteiger partial charge in [0.15, 0.2) is 0 Å². The topological polar surface area (TPSA) is 88.5 Å². The molecule has 4 rings (SSSR count). The number of nitrogens with one attached hydrogen (secondary N) is 2. The van der Waals surface area contributed by atoms with E-state index in [1.165, 1.54) is 0 Å². The van der Waals surface area contributed by atoms with E-state index in [-0.39, 0.29) is 29.7 Å². The fourth-order valence-corrected chi connectivity index (χ4v) is 4.32. The van der Waals surface area contributed by atoms with Crippen LogP contribution in [0.1, 0.15) is 39.3 Å². The van der Waals surface area contributed by atoms with Gasteiger partial charge in [-0.15, -0.1) is 0 Å². The molecular weight excluding hydrogens is 454 g/mol. The highest BCUT2D eigenvalue weighted by atomic mass is 16.5. The van der Waals surface area contributed by atoms with Crippen LogP contribution >= 0.6 is 0 Å². The van der Waals surface area contributed by atoms with Crippen LogP contribution in [-0.2, 0) is 15.0 Å². The Bertz CT molecular complexity index is 1190. The molecule has 0 radical (unpaired) electrons. The molecule has 0 saturated carbocycles. The van der Waals surface area contributed by atoms with E-state index in [2.05, 4.69) is 36.3 Å². The smallest absolute Gasteiger partial charge is 0.239 e. The van der Waals surface area contributed by atoms with Crippen LogP contribution in [0.25, 0.3) is 5.69 Å². The molecule has 8 heteroatoms. The number of nitrogens with zero attached hydrogens (tertiary/aromatic N) is 3. The summed E-state index contributed by atoms with van der Waals surface area (Å²) >= 11 is 0. The maximum atomic E-state index is 13.0. The number of piperidine rings is 1. The van der Waals surface area contributed by atoms with E-state index >= 15 is 0 Å². The predicted molar refractivity (Wildman–Crippen MR) is 142 cm³/mol. The molecule has 3 aromatic rings. The number of hydrogen-bond donors (Lipinski definition) is 2. The number of benzene rings is 2. The molecule has 2 aromatic carbocycles.